The monoisotopic (exact) mass is 367 g/mol. The largest absolute Gasteiger partial charge is 0.390 e. The van der Waals surface area contributed by atoms with E-state index in [2.05, 4.69) is 14.7 Å². The van der Waals surface area contributed by atoms with E-state index in [1.807, 2.05) is 30.3 Å². The van der Waals surface area contributed by atoms with Gasteiger partial charge in [0.1, 0.15) is 0 Å². The minimum Gasteiger partial charge on any atom is -0.390 e. The van der Waals surface area contributed by atoms with Crippen LogP contribution in [0.5, 0.6) is 0 Å². The fourth-order valence-electron chi connectivity index (χ4n) is 3.00. The van der Waals surface area contributed by atoms with Crippen LogP contribution < -0.4 is 4.72 Å². The van der Waals surface area contributed by atoms with Crippen LogP contribution in [-0.2, 0) is 23.2 Å². The molecule has 0 fully saturated rings. The number of fused-ring (bicyclic) bond motifs is 3. The summed E-state index contributed by atoms with van der Waals surface area (Å²) in [6.45, 7) is 0.0433. The minimum atomic E-state index is -3.64. The quantitative estimate of drug-likeness (QED) is 0.505. The predicted molar refractivity (Wildman–Crippen MR) is 100.0 cm³/mol. The Balaban J connectivity index is 1.73. The van der Waals surface area contributed by atoms with Gasteiger partial charge in [0.2, 0.25) is 10.0 Å². The summed E-state index contributed by atoms with van der Waals surface area (Å²) in [5.41, 5.74) is 2.94. The van der Waals surface area contributed by atoms with Gasteiger partial charge in [-0.05, 0) is 29.8 Å². The maximum Gasteiger partial charge on any atom is 0.240 e. The van der Waals surface area contributed by atoms with Gasteiger partial charge in [0.05, 0.1) is 22.7 Å². The van der Waals surface area contributed by atoms with E-state index in [-0.39, 0.29) is 18.0 Å². The highest BCUT2D eigenvalue weighted by Gasteiger charge is 2.16. The van der Waals surface area contributed by atoms with Gasteiger partial charge in [-0.15, -0.1) is 0 Å². The third-order valence-electron chi connectivity index (χ3n) is 4.34. The maximum absolute atomic E-state index is 12.7. The number of aromatic nitrogens is 2. The first-order valence-electron chi connectivity index (χ1n) is 8.12. The number of aliphatic hydroxyl groups is 1. The topological polar surface area (TPSA) is 95.1 Å². The highest BCUT2D eigenvalue weighted by Crippen LogP contribution is 2.28. The smallest absolute Gasteiger partial charge is 0.240 e. The number of rotatable bonds is 5. The molecule has 0 aliphatic rings. The molecule has 4 rings (SSSR count). The summed E-state index contributed by atoms with van der Waals surface area (Å²) in [4.78, 5) is 7.54. The maximum atomic E-state index is 12.7. The molecule has 26 heavy (non-hydrogen) atoms. The second-order valence-electron chi connectivity index (χ2n) is 5.98. The van der Waals surface area contributed by atoms with E-state index >= 15 is 0 Å². The summed E-state index contributed by atoms with van der Waals surface area (Å²) < 4.78 is 27.9. The van der Waals surface area contributed by atoms with Gasteiger partial charge in [0.25, 0.3) is 0 Å². The van der Waals surface area contributed by atoms with Crippen LogP contribution in [0.15, 0.2) is 65.7 Å². The number of sulfonamides is 1. The van der Waals surface area contributed by atoms with Gasteiger partial charge >= 0.3 is 0 Å². The lowest BCUT2D eigenvalue weighted by molar-refractivity contribution is 0.278. The van der Waals surface area contributed by atoms with Crippen molar-refractivity contribution in [2.75, 3.05) is 0 Å². The number of aliphatic hydroxyl groups excluding tert-OH is 1. The average molecular weight is 367 g/mol. The Kier molecular flexibility index (Phi) is 4.20. The van der Waals surface area contributed by atoms with Crippen LogP contribution in [0.3, 0.4) is 0 Å². The SMILES string of the molecule is O=S(=O)(NCc1ccccc1)c1ccc2[nH]c3c(CO)nccc3c2c1. The Hall–Kier alpha value is -2.74. The first-order chi connectivity index (χ1) is 12.6. The molecule has 2 aromatic carbocycles. The van der Waals surface area contributed by atoms with Gasteiger partial charge in [0, 0.05) is 29.0 Å². The van der Waals surface area contributed by atoms with E-state index in [9.17, 15) is 13.5 Å². The number of H-pyrrole nitrogens is 1. The lowest BCUT2D eigenvalue weighted by Gasteiger charge is -2.07. The summed E-state index contributed by atoms with van der Waals surface area (Å²) in [6.07, 6.45) is 1.61. The number of nitrogens with zero attached hydrogens (tertiary/aromatic N) is 1. The molecule has 0 radical (unpaired) electrons. The number of benzene rings is 2. The summed E-state index contributed by atoms with van der Waals surface area (Å²) >= 11 is 0. The molecular formula is C19H17N3O3S. The van der Waals surface area contributed by atoms with E-state index in [1.165, 1.54) is 0 Å². The zero-order valence-electron chi connectivity index (χ0n) is 13.8. The molecule has 2 heterocycles. The van der Waals surface area contributed by atoms with Gasteiger partial charge in [-0.25, -0.2) is 13.1 Å². The van der Waals surface area contributed by atoms with Crippen LogP contribution in [0.1, 0.15) is 11.3 Å². The van der Waals surface area contributed by atoms with Gasteiger partial charge in [-0.1, -0.05) is 30.3 Å². The first-order valence-corrected chi connectivity index (χ1v) is 9.60. The molecule has 0 unspecified atom stereocenters. The number of nitrogens with one attached hydrogen (secondary N) is 2. The van der Waals surface area contributed by atoms with E-state index in [0.29, 0.717) is 5.69 Å². The Labute approximate surface area is 150 Å². The normalized spacial score (nSPS) is 12.0. The van der Waals surface area contributed by atoms with Crippen LogP contribution in [0.25, 0.3) is 21.8 Å². The van der Waals surface area contributed by atoms with Crippen molar-refractivity contribution in [2.45, 2.75) is 18.0 Å². The third kappa shape index (κ3) is 2.96. The zero-order chi connectivity index (χ0) is 18.1. The van der Waals surface area contributed by atoms with Crippen LogP contribution in [-0.4, -0.2) is 23.5 Å². The molecule has 7 heteroatoms. The summed E-state index contributed by atoms with van der Waals surface area (Å²) in [5, 5.41) is 11.0. The van der Waals surface area contributed by atoms with Crippen LogP contribution in [0.2, 0.25) is 0 Å². The van der Waals surface area contributed by atoms with Crippen molar-refractivity contribution in [1.82, 2.24) is 14.7 Å². The van der Waals surface area contributed by atoms with Crippen LogP contribution in [0.4, 0.5) is 0 Å². The first kappa shape index (κ1) is 16.7. The second-order valence-corrected chi connectivity index (χ2v) is 7.75. The standard InChI is InChI=1S/C19H17N3O3S/c23-12-18-19-15(8-9-20-18)16-10-14(6-7-17(16)22-19)26(24,25)21-11-13-4-2-1-3-5-13/h1-10,21-23H,11-12H2. The molecule has 0 saturated carbocycles. The Morgan fingerprint density at radius 1 is 1.04 bits per heavy atom. The molecule has 0 bridgehead atoms. The molecule has 0 amide bonds. The van der Waals surface area contributed by atoms with E-state index in [0.717, 1.165) is 27.4 Å². The van der Waals surface area contributed by atoms with Crippen molar-refractivity contribution in [3.63, 3.8) is 0 Å². The van der Waals surface area contributed by atoms with Gasteiger partial charge in [-0.3, -0.25) is 4.98 Å². The van der Waals surface area contributed by atoms with Crippen molar-refractivity contribution in [3.8, 4) is 0 Å². The molecule has 0 atom stereocenters. The van der Waals surface area contributed by atoms with Crippen molar-refractivity contribution in [2.24, 2.45) is 0 Å². The van der Waals surface area contributed by atoms with E-state index < -0.39 is 10.0 Å². The minimum absolute atomic E-state index is 0.187. The molecule has 4 aromatic rings. The average Bonchev–Trinajstić information content (AvgIpc) is 3.05. The van der Waals surface area contributed by atoms with Gasteiger partial charge < -0.3 is 10.1 Å². The molecule has 132 valence electrons. The molecule has 2 aromatic heterocycles. The summed E-state index contributed by atoms with van der Waals surface area (Å²) in [6, 6.07) is 16.1. The van der Waals surface area contributed by atoms with Crippen molar-refractivity contribution < 1.29 is 13.5 Å². The Morgan fingerprint density at radius 3 is 2.62 bits per heavy atom. The van der Waals surface area contributed by atoms with Crippen LogP contribution in [0, 0.1) is 0 Å². The molecular weight excluding hydrogens is 350 g/mol. The number of aromatic amines is 1. The zero-order valence-corrected chi connectivity index (χ0v) is 14.6. The van der Waals surface area contributed by atoms with E-state index in [4.69, 9.17) is 0 Å². The van der Waals surface area contributed by atoms with Crippen LogP contribution >= 0.6 is 0 Å². The van der Waals surface area contributed by atoms with Gasteiger partial charge in [-0.2, -0.15) is 0 Å². The molecule has 0 spiro atoms. The number of pyridine rings is 1. The van der Waals surface area contributed by atoms with Gasteiger partial charge in [0.15, 0.2) is 0 Å². The summed E-state index contributed by atoms with van der Waals surface area (Å²) in [7, 11) is -3.64. The lowest BCUT2D eigenvalue weighted by atomic mass is 10.1. The fourth-order valence-corrected chi connectivity index (χ4v) is 4.05. The number of hydrogen-bond donors (Lipinski definition) is 3. The highest BCUT2D eigenvalue weighted by atomic mass is 32.2. The van der Waals surface area contributed by atoms with E-state index in [1.54, 1.807) is 30.5 Å². The second kappa shape index (κ2) is 6.53. The molecule has 0 aliphatic heterocycles. The fraction of sp³-hybridized carbons (Fsp3) is 0.105. The lowest BCUT2D eigenvalue weighted by Crippen LogP contribution is -2.23. The molecule has 3 N–H and O–H groups in total. The number of hydrogen-bond acceptors (Lipinski definition) is 4. The highest BCUT2D eigenvalue weighted by molar-refractivity contribution is 7.89. The Bertz CT molecular complexity index is 1180. The van der Waals surface area contributed by atoms with Crippen molar-refractivity contribution >= 4 is 31.8 Å². The van der Waals surface area contributed by atoms with Crippen molar-refractivity contribution in [3.05, 3.63) is 72.1 Å². The molecule has 0 saturated heterocycles. The Morgan fingerprint density at radius 2 is 1.85 bits per heavy atom. The third-order valence-corrected chi connectivity index (χ3v) is 5.74. The van der Waals surface area contributed by atoms with Crippen molar-refractivity contribution in [1.29, 1.82) is 0 Å². The molecule has 6 nitrogen and oxygen atoms in total. The molecule has 0 aliphatic carbocycles. The predicted octanol–water partition coefficient (Wildman–Crippen LogP) is 2.69. The summed E-state index contributed by atoms with van der Waals surface area (Å²) in [5.74, 6) is 0.